The van der Waals surface area contributed by atoms with Gasteiger partial charge in [0, 0.05) is 13.1 Å². The first-order chi connectivity index (χ1) is 10.5. The van der Waals surface area contributed by atoms with Crippen LogP contribution in [0.25, 0.3) is 0 Å². The number of rotatable bonds is 4. The summed E-state index contributed by atoms with van der Waals surface area (Å²) in [5.74, 6) is -2.99. The Morgan fingerprint density at radius 3 is 2.18 bits per heavy atom. The number of carboxylic acid groups (broad SMARTS) is 1. The van der Waals surface area contributed by atoms with Crippen molar-refractivity contribution in [1.82, 2.24) is 4.90 Å². The number of carboxylic acids is 1. The molecule has 1 atom stereocenters. The maximum atomic E-state index is 12.1. The van der Waals surface area contributed by atoms with Crippen LogP contribution in [0, 0.1) is 5.92 Å². The predicted octanol–water partition coefficient (Wildman–Crippen LogP) is 1.97. The van der Waals surface area contributed by atoms with Gasteiger partial charge in [0.15, 0.2) is 0 Å². The lowest BCUT2D eigenvalue weighted by molar-refractivity contribution is -0.144. The minimum Gasteiger partial charge on any atom is -0.481 e. The summed E-state index contributed by atoms with van der Waals surface area (Å²) in [4.78, 5) is 36.5. The Morgan fingerprint density at radius 1 is 1.09 bits per heavy atom. The number of hydrogen-bond acceptors (Lipinski definition) is 3. The van der Waals surface area contributed by atoms with Crippen LogP contribution >= 0.6 is 0 Å². The Labute approximate surface area is 128 Å². The van der Waals surface area contributed by atoms with E-state index in [1.807, 2.05) is 0 Å². The summed E-state index contributed by atoms with van der Waals surface area (Å²) in [6.45, 7) is 2.75. The molecule has 0 aliphatic carbocycles. The van der Waals surface area contributed by atoms with Crippen molar-refractivity contribution in [2.45, 2.75) is 19.8 Å². The molecule has 0 radical (unpaired) electrons. The van der Waals surface area contributed by atoms with Gasteiger partial charge in [0.2, 0.25) is 5.91 Å². The highest BCUT2D eigenvalue weighted by atomic mass is 16.4. The number of urea groups is 1. The van der Waals surface area contributed by atoms with E-state index in [9.17, 15) is 14.4 Å². The van der Waals surface area contributed by atoms with Crippen molar-refractivity contribution in [1.29, 1.82) is 0 Å². The van der Waals surface area contributed by atoms with Crippen molar-refractivity contribution < 1.29 is 19.5 Å². The molecule has 118 valence electrons. The van der Waals surface area contributed by atoms with E-state index in [0.717, 1.165) is 25.9 Å². The molecule has 1 unspecified atom stereocenters. The standard InChI is InChI=1S/C15H19N3O4/c1-10(14(20)21)13(19)16-11-6-2-3-7-12(11)17-15(22)18-8-4-5-9-18/h2-3,6-7,10H,4-5,8-9H2,1H3,(H,16,19)(H,17,22)(H,20,21). The maximum Gasteiger partial charge on any atom is 0.321 e. The zero-order chi connectivity index (χ0) is 16.1. The lowest BCUT2D eigenvalue weighted by Crippen LogP contribution is -2.33. The minimum absolute atomic E-state index is 0.217. The number of nitrogens with zero attached hydrogens (tertiary/aromatic N) is 1. The second kappa shape index (κ2) is 6.93. The Balaban J connectivity index is 2.07. The largest absolute Gasteiger partial charge is 0.481 e. The quantitative estimate of drug-likeness (QED) is 0.741. The van der Waals surface area contributed by atoms with Gasteiger partial charge in [0.25, 0.3) is 0 Å². The molecular weight excluding hydrogens is 286 g/mol. The number of benzene rings is 1. The lowest BCUT2D eigenvalue weighted by Gasteiger charge is -2.18. The van der Waals surface area contributed by atoms with Crippen molar-refractivity contribution in [3.8, 4) is 0 Å². The Kier molecular flexibility index (Phi) is 4.98. The zero-order valence-electron chi connectivity index (χ0n) is 12.3. The number of aliphatic carboxylic acids is 1. The van der Waals surface area contributed by atoms with Crippen molar-refractivity contribution in [3.63, 3.8) is 0 Å². The molecule has 1 aliphatic heterocycles. The molecule has 7 nitrogen and oxygen atoms in total. The van der Waals surface area contributed by atoms with Crippen LogP contribution in [-0.2, 0) is 9.59 Å². The molecule has 1 aliphatic rings. The van der Waals surface area contributed by atoms with Crippen molar-refractivity contribution >= 4 is 29.3 Å². The monoisotopic (exact) mass is 305 g/mol. The van der Waals surface area contributed by atoms with Gasteiger partial charge in [-0.1, -0.05) is 12.1 Å². The van der Waals surface area contributed by atoms with Crippen molar-refractivity contribution in [2.24, 2.45) is 5.92 Å². The van der Waals surface area contributed by atoms with Crippen LogP contribution in [-0.4, -0.2) is 41.0 Å². The van der Waals surface area contributed by atoms with E-state index in [4.69, 9.17) is 5.11 Å². The van der Waals surface area contributed by atoms with Crippen LogP contribution in [0.5, 0.6) is 0 Å². The van der Waals surface area contributed by atoms with Crippen LogP contribution in [0.1, 0.15) is 19.8 Å². The van der Waals surface area contributed by atoms with E-state index in [1.165, 1.54) is 6.92 Å². The topological polar surface area (TPSA) is 98.7 Å². The first-order valence-corrected chi connectivity index (χ1v) is 7.17. The van der Waals surface area contributed by atoms with Crippen LogP contribution in [0.3, 0.4) is 0 Å². The highest BCUT2D eigenvalue weighted by Gasteiger charge is 2.22. The summed E-state index contributed by atoms with van der Waals surface area (Å²) < 4.78 is 0. The van der Waals surface area contributed by atoms with Crippen molar-refractivity contribution in [2.75, 3.05) is 23.7 Å². The third kappa shape index (κ3) is 3.75. The molecule has 22 heavy (non-hydrogen) atoms. The molecule has 1 aromatic rings. The third-order valence-corrected chi connectivity index (χ3v) is 3.58. The number of likely N-dealkylation sites (tertiary alicyclic amines) is 1. The van der Waals surface area contributed by atoms with Crippen LogP contribution in [0.4, 0.5) is 16.2 Å². The third-order valence-electron chi connectivity index (χ3n) is 3.58. The van der Waals surface area contributed by atoms with Gasteiger partial charge in [0.05, 0.1) is 11.4 Å². The number of hydrogen-bond donors (Lipinski definition) is 3. The predicted molar refractivity (Wildman–Crippen MR) is 81.7 cm³/mol. The van der Waals surface area contributed by atoms with Gasteiger partial charge in [-0.3, -0.25) is 9.59 Å². The average Bonchev–Trinajstić information content (AvgIpc) is 3.02. The van der Waals surface area contributed by atoms with Crippen LogP contribution in [0.15, 0.2) is 24.3 Å². The molecule has 1 saturated heterocycles. The molecule has 0 spiro atoms. The number of carbonyl (C=O) groups is 3. The van der Waals surface area contributed by atoms with Gasteiger partial charge in [-0.25, -0.2) is 4.79 Å². The van der Waals surface area contributed by atoms with E-state index in [-0.39, 0.29) is 6.03 Å². The van der Waals surface area contributed by atoms with Crippen LogP contribution < -0.4 is 10.6 Å². The Morgan fingerprint density at radius 2 is 1.64 bits per heavy atom. The summed E-state index contributed by atoms with van der Waals surface area (Å²) in [5.41, 5.74) is 0.832. The fourth-order valence-electron chi connectivity index (χ4n) is 2.17. The summed E-state index contributed by atoms with van der Waals surface area (Å²) in [7, 11) is 0. The second-order valence-corrected chi connectivity index (χ2v) is 5.22. The van der Waals surface area contributed by atoms with Gasteiger partial charge in [0.1, 0.15) is 5.92 Å². The number of carbonyl (C=O) groups excluding carboxylic acids is 2. The molecule has 7 heteroatoms. The van der Waals surface area contributed by atoms with Crippen molar-refractivity contribution in [3.05, 3.63) is 24.3 Å². The fourth-order valence-corrected chi connectivity index (χ4v) is 2.17. The molecule has 0 saturated carbocycles. The number of anilines is 2. The zero-order valence-corrected chi connectivity index (χ0v) is 12.3. The van der Waals surface area contributed by atoms with Gasteiger partial charge >= 0.3 is 12.0 Å². The lowest BCUT2D eigenvalue weighted by atomic mass is 10.1. The number of amides is 3. The minimum atomic E-state index is -1.20. The molecule has 0 aromatic heterocycles. The molecule has 1 heterocycles. The van der Waals surface area contributed by atoms with Gasteiger partial charge < -0.3 is 20.6 Å². The van der Waals surface area contributed by atoms with E-state index < -0.39 is 17.8 Å². The highest BCUT2D eigenvalue weighted by Crippen LogP contribution is 2.22. The van der Waals surface area contributed by atoms with Gasteiger partial charge in [-0.15, -0.1) is 0 Å². The first kappa shape index (κ1) is 15.8. The molecule has 3 amide bonds. The summed E-state index contributed by atoms with van der Waals surface area (Å²) in [6.07, 6.45) is 1.98. The van der Waals surface area contributed by atoms with Crippen LogP contribution in [0.2, 0.25) is 0 Å². The Hall–Kier alpha value is -2.57. The molecule has 2 rings (SSSR count). The van der Waals surface area contributed by atoms with E-state index in [2.05, 4.69) is 10.6 Å². The molecule has 1 aromatic carbocycles. The van der Waals surface area contributed by atoms with Gasteiger partial charge in [-0.2, -0.15) is 0 Å². The number of para-hydroxylation sites is 2. The summed E-state index contributed by atoms with van der Waals surface area (Å²) in [6, 6.07) is 6.49. The second-order valence-electron chi connectivity index (χ2n) is 5.22. The summed E-state index contributed by atoms with van der Waals surface area (Å²) in [5, 5.41) is 14.1. The SMILES string of the molecule is CC(C(=O)O)C(=O)Nc1ccccc1NC(=O)N1CCCC1. The Bertz CT molecular complexity index is 582. The maximum absolute atomic E-state index is 12.1. The smallest absolute Gasteiger partial charge is 0.321 e. The number of nitrogens with one attached hydrogen (secondary N) is 2. The molecule has 3 N–H and O–H groups in total. The average molecular weight is 305 g/mol. The molecule has 1 fully saturated rings. The van der Waals surface area contributed by atoms with E-state index >= 15 is 0 Å². The van der Waals surface area contributed by atoms with Gasteiger partial charge in [-0.05, 0) is 31.9 Å². The molecular formula is C15H19N3O4. The summed E-state index contributed by atoms with van der Waals surface area (Å²) >= 11 is 0. The highest BCUT2D eigenvalue weighted by molar-refractivity contribution is 6.06. The first-order valence-electron chi connectivity index (χ1n) is 7.17. The normalized spacial score (nSPS) is 15.2. The van der Waals surface area contributed by atoms with E-state index in [0.29, 0.717) is 11.4 Å². The molecule has 0 bridgehead atoms. The van der Waals surface area contributed by atoms with E-state index in [1.54, 1.807) is 29.2 Å². The fraction of sp³-hybridized carbons (Fsp3) is 0.400.